The minimum absolute atomic E-state index is 0.228. The van der Waals surface area contributed by atoms with E-state index in [4.69, 9.17) is 0 Å². The molecular weight excluding hydrogens is 308 g/mol. The summed E-state index contributed by atoms with van der Waals surface area (Å²) in [6.45, 7) is 7.31. The van der Waals surface area contributed by atoms with E-state index in [-0.39, 0.29) is 5.91 Å². The Bertz CT molecular complexity index is 642. The van der Waals surface area contributed by atoms with Gasteiger partial charge in [0.1, 0.15) is 0 Å². The summed E-state index contributed by atoms with van der Waals surface area (Å²) in [5.74, 6) is 1.41. The van der Waals surface area contributed by atoms with Gasteiger partial charge in [-0.15, -0.1) is 0 Å². The second-order valence-corrected chi connectivity index (χ2v) is 8.02. The van der Waals surface area contributed by atoms with E-state index >= 15 is 0 Å². The first-order valence-electron chi connectivity index (χ1n) is 9.98. The Labute approximate surface area is 151 Å². The Kier molecular flexibility index (Phi) is 4.93. The van der Waals surface area contributed by atoms with Crippen LogP contribution in [0.1, 0.15) is 43.7 Å². The minimum Gasteiger partial charge on any atom is -0.342 e. The standard InChI is InChI=1S/C22H30N2O/c1-17(25)24-15-20-5-4-6-21(22(20)16-24)19-9-7-18(8-10-19)11-14-23-12-2-3-13-23/h6-10,20,22H,2-5,11-16H2,1H3. The van der Waals surface area contributed by atoms with Crippen LogP contribution >= 0.6 is 0 Å². The highest BCUT2D eigenvalue weighted by Gasteiger charge is 2.37. The number of carbonyl (C=O) groups is 1. The predicted octanol–water partition coefficient (Wildman–Crippen LogP) is 3.60. The minimum atomic E-state index is 0.228. The van der Waals surface area contributed by atoms with Gasteiger partial charge in [0, 0.05) is 32.5 Å². The quantitative estimate of drug-likeness (QED) is 0.837. The third-order valence-corrected chi connectivity index (χ3v) is 6.39. The summed E-state index contributed by atoms with van der Waals surface area (Å²) in [5, 5.41) is 0. The fraction of sp³-hybridized carbons (Fsp3) is 0.591. The zero-order valence-electron chi connectivity index (χ0n) is 15.4. The van der Waals surface area contributed by atoms with Crippen LogP contribution in [-0.2, 0) is 11.2 Å². The molecule has 2 saturated heterocycles. The van der Waals surface area contributed by atoms with Gasteiger partial charge in [-0.25, -0.2) is 0 Å². The predicted molar refractivity (Wildman–Crippen MR) is 102 cm³/mol. The smallest absolute Gasteiger partial charge is 0.219 e. The molecule has 2 aliphatic heterocycles. The van der Waals surface area contributed by atoms with Gasteiger partial charge in [0.05, 0.1) is 0 Å². The maximum absolute atomic E-state index is 11.8. The molecule has 2 heterocycles. The lowest BCUT2D eigenvalue weighted by molar-refractivity contribution is -0.127. The van der Waals surface area contributed by atoms with Crippen LogP contribution in [0.4, 0.5) is 0 Å². The monoisotopic (exact) mass is 338 g/mol. The molecule has 25 heavy (non-hydrogen) atoms. The van der Waals surface area contributed by atoms with Crippen molar-refractivity contribution >= 4 is 11.5 Å². The number of hydrogen-bond donors (Lipinski definition) is 0. The Morgan fingerprint density at radius 1 is 1.12 bits per heavy atom. The highest BCUT2D eigenvalue weighted by Crippen LogP contribution is 2.41. The summed E-state index contributed by atoms with van der Waals surface area (Å²) in [6, 6.07) is 9.25. The van der Waals surface area contributed by atoms with E-state index < -0.39 is 0 Å². The Balaban J connectivity index is 1.42. The van der Waals surface area contributed by atoms with E-state index in [9.17, 15) is 4.79 Å². The van der Waals surface area contributed by atoms with Crippen LogP contribution < -0.4 is 0 Å². The molecule has 3 aliphatic rings. The van der Waals surface area contributed by atoms with E-state index in [0.29, 0.717) is 11.8 Å². The van der Waals surface area contributed by atoms with Crippen LogP contribution in [0.15, 0.2) is 30.3 Å². The number of likely N-dealkylation sites (tertiary alicyclic amines) is 2. The summed E-state index contributed by atoms with van der Waals surface area (Å²) in [6.07, 6.45) is 8.69. The average Bonchev–Trinajstić information content (AvgIpc) is 3.29. The van der Waals surface area contributed by atoms with Gasteiger partial charge in [0.2, 0.25) is 5.91 Å². The lowest BCUT2D eigenvalue weighted by atomic mass is 9.78. The van der Waals surface area contributed by atoms with Gasteiger partial charge >= 0.3 is 0 Å². The normalized spacial score (nSPS) is 26.6. The molecule has 0 spiro atoms. The topological polar surface area (TPSA) is 23.6 Å². The molecule has 0 bridgehead atoms. The van der Waals surface area contributed by atoms with E-state index in [2.05, 4.69) is 35.2 Å². The SMILES string of the molecule is CC(=O)N1CC2CCC=C(c3ccc(CCN4CCCC4)cc3)C2C1. The molecule has 1 amide bonds. The van der Waals surface area contributed by atoms with Gasteiger partial charge in [-0.3, -0.25) is 4.79 Å². The lowest BCUT2D eigenvalue weighted by Crippen LogP contribution is -2.26. The van der Waals surface area contributed by atoms with Crippen LogP contribution in [0.25, 0.3) is 5.57 Å². The zero-order valence-corrected chi connectivity index (χ0v) is 15.4. The highest BCUT2D eigenvalue weighted by molar-refractivity contribution is 5.76. The van der Waals surface area contributed by atoms with Crippen molar-refractivity contribution in [2.75, 3.05) is 32.7 Å². The summed E-state index contributed by atoms with van der Waals surface area (Å²) in [7, 11) is 0. The average molecular weight is 338 g/mol. The van der Waals surface area contributed by atoms with E-state index in [0.717, 1.165) is 25.9 Å². The number of carbonyl (C=O) groups excluding carboxylic acids is 1. The molecule has 0 aromatic heterocycles. The molecule has 1 aliphatic carbocycles. The molecule has 2 unspecified atom stereocenters. The number of nitrogens with zero attached hydrogens (tertiary/aromatic N) is 2. The molecule has 3 nitrogen and oxygen atoms in total. The summed E-state index contributed by atoms with van der Waals surface area (Å²) < 4.78 is 0. The number of allylic oxidation sites excluding steroid dienone is 1. The van der Waals surface area contributed by atoms with Gasteiger partial charge in [-0.1, -0.05) is 30.3 Å². The molecule has 3 heteroatoms. The van der Waals surface area contributed by atoms with Crippen molar-refractivity contribution in [3.05, 3.63) is 41.5 Å². The molecular formula is C22H30N2O. The third kappa shape index (κ3) is 3.67. The van der Waals surface area contributed by atoms with Gasteiger partial charge in [0.15, 0.2) is 0 Å². The van der Waals surface area contributed by atoms with E-state index in [1.807, 2.05) is 4.90 Å². The molecule has 1 aromatic carbocycles. The summed E-state index contributed by atoms with van der Waals surface area (Å²) >= 11 is 0. The molecule has 0 radical (unpaired) electrons. The van der Waals surface area contributed by atoms with Crippen LogP contribution in [-0.4, -0.2) is 48.4 Å². The van der Waals surface area contributed by atoms with Gasteiger partial charge in [-0.05, 0) is 67.8 Å². The highest BCUT2D eigenvalue weighted by atomic mass is 16.2. The fourth-order valence-corrected chi connectivity index (χ4v) is 4.87. The molecule has 2 atom stereocenters. The van der Waals surface area contributed by atoms with Crippen molar-refractivity contribution in [1.82, 2.24) is 9.80 Å². The summed E-state index contributed by atoms with van der Waals surface area (Å²) in [5.41, 5.74) is 4.29. The molecule has 134 valence electrons. The van der Waals surface area contributed by atoms with Crippen LogP contribution in [0.2, 0.25) is 0 Å². The second kappa shape index (κ2) is 7.33. The fourth-order valence-electron chi connectivity index (χ4n) is 4.87. The van der Waals surface area contributed by atoms with Crippen molar-refractivity contribution in [1.29, 1.82) is 0 Å². The summed E-state index contributed by atoms with van der Waals surface area (Å²) in [4.78, 5) is 16.4. The molecule has 0 saturated carbocycles. The van der Waals surface area contributed by atoms with Gasteiger partial charge in [-0.2, -0.15) is 0 Å². The van der Waals surface area contributed by atoms with E-state index in [1.54, 1.807) is 6.92 Å². The number of hydrogen-bond acceptors (Lipinski definition) is 2. The van der Waals surface area contributed by atoms with Crippen LogP contribution in [0, 0.1) is 11.8 Å². The number of amides is 1. The van der Waals surface area contributed by atoms with Crippen molar-refractivity contribution in [3.63, 3.8) is 0 Å². The first-order valence-corrected chi connectivity index (χ1v) is 9.98. The maximum Gasteiger partial charge on any atom is 0.219 e. The molecule has 0 N–H and O–H groups in total. The number of benzene rings is 1. The van der Waals surface area contributed by atoms with Crippen molar-refractivity contribution in [3.8, 4) is 0 Å². The second-order valence-electron chi connectivity index (χ2n) is 8.02. The lowest BCUT2D eigenvalue weighted by Gasteiger charge is -2.26. The molecule has 2 fully saturated rings. The zero-order chi connectivity index (χ0) is 17.2. The van der Waals surface area contributed by atoms with Gasteiger partial charge < -0.3 is 9.80 Å². The third-order valence-electron chi connectivity index (χ3n) is 6.39. The van der Waals surface area contributed by atoms with E-state index in [1.165, 1.54) is 55.6 Å². The van der Waals surface area contributed by atoms with Crippen molar-refractivity contribution in [2.45, 2.75) is 39.0 Å². The first-order chi connectivity index (χ1) is 12.2. The maximum atomic E-state index is 11.8. The van der Waals surface area contributed by atoms with Crippen LogP contribution in [0.5, 0.6) is 0 Å². The molecule has 1 aromatic rings. The van der Waals surface area contributed by atoms with Crippen molar-refractivity contribution < 1.29 is 4.79 Å². The molecule has 4 rings (SSSR count). The van der Waals surface area contributed by atoms with Gasteiger partial charge in [0.25, 0.3) is 0 Å². The Hall–Kier alpha value is -1.61. The number of fused-ring (bicyclic) bond motifs is 1. The van der Waals surface area contributed by atoms with Crippen molar-refractivity contribution in [2.24, 2.45) is 11.8 Å². The van der Waals surface area contributed by atoms with Crippen LogP contribution in [0.3, 0.4) is 0 Å². The Morgan fingerprint density at radius 3 is 2.60 bits per heavy atom. The largest absolute Gasteiger partial charge is 0.342 e. The Morgan fingerprint density at radius 2 is 1.88 bits per heavy atom. The first kappa shape index (κ1) is 16.8. The number of rotatable bonds is 4.